The van der Waals surface area contributed by atoms with Crippen LogP contribution < -0.4 is 5.32 Å². The Hall–Kier alpha value is -1.09. The van der Waals surface area contributed by atoms with Gasteiger partial charge in [0.25, 0.3) is 0 Å². The first-order valence-electron chi connectivity index (χ1n) is 3.11. The molecule has 0 aromatic carbocycles. The summed E-state index contributed by atoms with van der Waals surface area (Å²) in [4.78, 5) is 3.75. The molecule has 0 amide bonds. The molecule has 3 nitrogen and oxygen atoms in total. The number of nitrogens with one attached hydrogen (secondary N) is 1. The van der Waals surface area contributed by atoms with E-state index in [9.17, 15) is 0 Å². The van der Waals surface area contributed by atoms with Gasteiger partial charge in [-0.25, -0.2) is 0 Å². The van der Waals surface area contributed by atoms with Gasteiger partial charge in [-0.05, 0) is 13.1 Å². The number of aromatic hydroxyl groups is 1. The lowest BCUT2D eigenvalue weighted by Gasteiger charge is -2.00. The third-order valence-corrected chi connectivity index (χ3v) is 1.25. The molecule has 0 fully saturated rings. The molecule has 1 aromatic heterocycles. The van der Waals surface area contributed by atoms with E-state index in [0.717, 1.165) is 5.56 Å². The minimum absolute atomic E-state index is 0.247. The van der Waals surface area contributed by atoms with Crippen LogP contribution in [0.5, 0.6) is 5.75 Å². The van der Waals surface area contributed by atoms with E-state index in [1.54, 1.807) is 12.3 Å². The normalized spacial score (nSPS) is 9.70. The maximum absolute atomic E-state index is 9.14. The molecule has 0 aliphatic heterocycles. The van der Waals surface area contributed by atoms with Crippen LogP contribution in [0.15, 0.2) is 18.5 Å². The average molecular weight is 138 g/mol. The van der Waals surface area contributed by atoms with Crippen molar-refractivity contribution in [2.75, 3.05) is 7.05 Å². The summed E-state index contributed by atoms with van der Waals surface area (Å²) >= 11 is 0. The zero-order valence-corrected chi connectivity index (χ0v) is 5.83. The Morgan fingerprint density at radius 1 is 1.70 bits per heavy atom. The zero-order chi connectivity index (χ0) is 7.40. The summed E-state index contributed by atoms with van der Waals surface area (Å²) in [5.74, 6) is 0.247. The number of hydrogen-bond donors (Lipinski definition) is 2. The van der Waals surface area contributed by atoms with Gasteiger partial charge in [0.2, 0.25) is 0 Å². The second-order valence-corrected chi connectivity index (χ2v) is 2.03. The van der Waals surface area contributed by atoms with E-state index in [-0.39, 0.29) is 5.75 Å². The molecule has 3 heteroatoms. The SMILES string of the molecule is CNCc1ccncc1O. The maximum atomic E-state index is 9.14. The van der Waals surface area contributed by atoms with E-state index in [0.29, 0.717) is 6.54 Å². The molecule has 10 heavy (non-hydrogen) atoms. The highest BCUT2D eigenvalue weighted by Crippen LogP contribution is 2.12. The van der Waals surface area contributed by atoms with Crippen LogP contribution >= 0.6 is 0 Å². The van der Waals surface area contributed by atoms with Crippen molar-refractivity contribution in [3.8, 4) is 5.75 Å². The summed E-state index contributed by atoms with van der Waals surface area (Å²) in [6.07, 6.45) is 3.10. The Bertz CT molecular complexity index is 213. The van der Waals surface area contributed by atoms with Crippen LogP contribution in [0.25, 0.3) is 0 Å². The summed E-state index contributed by atoms with van der Waals surface area (Å²) in [6, 6.07) is 1.78. The van der Waals surface area contributed by atoms with E-state index >= 15 is 0 Å². The third kappa shape index (κ3) is 1.45. The van der Waals surface area contributed by atoms with Crippen molar-refractivity contribution in [1.29, 1.82) is 0 Å². The lowest BCUT2D eigenvalue weighted by molar-refractivity contribution is 0.463. The summed E-state index contributed by atoms with van der Waals surface area (Å²) < 4.78 is 0. The molecule has 0 saturated carbocycles. The second kappa shape index (κ2) is 3.17. The van der Waals surface area contributed by atoms with Gasteiger partial charge in [-0.1, -0.05) is 0 Å². The van der Waals surface area contributed by atoms with E-state index in [2.05, 4.69) is 10.3 Å². The van der Waals surface area contributed by atoms with Crippen molar-refractivity contribution in [2.45, 2.75) is 6.54 Å². The predicted octanol–water partition coefficient (Wildman–Crippen LogP) is 0.507. The molecule has 0 atom stereocenters. The molecule has 2 N–H and O–H groups in total. The van der Waals surface area contributed by atoms with Gasteiger partial charge in [0.15, 0.2) is 0 Å². The van der Waals surface area contributed by atoms with E-state index in [4.69, 9.17) is 5.11 Å². The van der Waals surface area contributed by atoms with Gasteiger partial charge in [0.1, 0.15) is 5.75 Å². The first-order valence-corrected chi connectivity index (χ1v) is 3.11. The standard InChI is InChI=1S/C7H10N2O/c1-8-4-6-2-3-9-5-7(6)10/h2-3,5,8,10H,4H2,1H3. The van der Waals surface area contributed by atoms with E-state index < -0.39 is 0 Å². The molecular weight excluding hydrogens is 128 g/mol. The van der Waals surface area contributed by atoms with Crippen LogP contribution in [0.3, 0.4) is 0 Å². The minimum atomic E-state index is 0.247. The van der Waals surface area contributed by atoms with Crippen molar-refractivity contribution >= 4 is 0 Å². The van der Waals surface area contributed by atoms with E-state index in [1.807, 2.05) is 7.05 Å². The Kier molecular flexibility index (Phi) is 2.23. The Balaban J connectivity index is 2.81. The third-order valence-electron chi connectivity index (χ3n) is 1.25. The van der Waals surface area contributed by atoms with Crippen molar-refractivity contribution in [3.63, 3.8) is 0 Å². The van der Waals surface area contributed by atoms with Gasteiger partial charge in [0.05, 0.1) is 6.20 Å². The maximum Gasteiger partial charge on any atom is 0.138 e. The molecule has 0 unspecified atom stereocenters. The summed E-state index contributed by atoms with van der Waals surface area (Å²) in [6.45, 7) is 0.675. The molecule has 0 radical (unpaired) electrons. The molecule has 1 rings (SSSR count). The number of pyridine rings is 1. The van der Waals surface area contributed by atoms with Crippen LogP contribution in [-0.2, 0) is 6.54 Å². The molecule has 0 saturated heterocycles. The molecule has 0 aliphatic carbocycles. The van der Waals surface area contributed by atoms with Crippen molar-refractivity contribution in [3.05, 3.63) is 24.0 Å². The fraction of sp³-hybridized carbons (Fsp3) is 0.286. The number of rotatable bonds is 2. The highest BCUT2D eigenvalue weighted by atomic mass is 16.3. The fourth-order valence-corrected chi connectivity index (χ4v) is 0.755. The topological polar surface area (TPSA) is 45.2 Å². The Labute approximate surface area is 59.7 Å². The molecule has 0 aliphatic rings. The Morgan fingerprint density at radius 3 is 3.10 bits per heavy atom. The van der Waals surface area contributed by atoms with Gasteiger partial charge < -0.3 is 10.4 Å². The zero-order valence-electron chi connectivity index (χ0n) is 5.83. The first-order chi connectivity index (χ1) is 4.84. The molecule has 1 heterocycles. The molecular formula is C7H10N2O. The predicted molar refractivity (Wildman–Crippen MR) is 38.7 cm³/mol. The highest BCUT2D eigenvalue weighted by Gasteiger charge is 1.95. The van der Waals surface area contributed by atoms with Crippen LogP contribution in [-0.4, -0.2) is 17.1 Å². The quantitative estimate of drug-likeness (QED) is 0.625. The minimum Gasteiger partial charge on any atom is -0.506 e. The molecule has 1 aromatic rings. The van der Waals surface area contributed by atoms with Crippen LogP contribution in [0.4, 0.5) is 0 Å². The van der Waals surface area contributed by atoms with Crippen molar-refractivity contribution < 1.29 is 5.11 Å². The van der Waals surface area contributed by atoms with Crippen LogP contribution in [0.2, 0.25) is 0 Å². The second-order valence-electron chi connectivity index (χ2n) is 2.03. The largest absolute Gasteiger partial charge is 0.506 e. The number of aromatic nitrogens is 1. The van der Waals surface area contributed by atoms with Crippen LogP contribution in [0.1, 0.15) is 5.56 Å². The summed E-state index contributed by atoms with van der Waals surface area (Å²) in [5.41, 5.74) is 0.873. The molecule has 0 spiro atoms. The lowest BCUT2D eigenvalue weighted by Crippen LogP contribution is -2.04. The van der Waals surface area contributed by atoms with E-state index in [1.165, 1.54) is 6.20 Å². The van der Waals surface area contributed by atoms with Crippen molar-refractivity contribution in [2.24, 2.45) is 0 Å². The fourth-order valence-electron chi connectivity index (χ4n) is 0.755. The first kappa shape index (κ1) is 7.02. The van der Waals surface area contributed by atoms with Gasteiger partial charge in [-0.2, -0.15) is 0 Å². The summed E-state index contributed by atoms with van der Waals surface area (Å²) in [7, 11) is 1.83. The molecule has 0 bridgehead atoms. The number of nitrogens with zero attached hydrogens (tertiary/aromatic N) is 1. The van der Waals surface area contributed by atoms with Gasteiger partial charge in [0, 0.05) is 18.3 Å². The van der Waals surface area contributed by atoms with Gasteiger partial charge in [-0.15, -0.1) is 0 Å². The average Bonchev–Trinajstić information content (AvgIpc) is 1.94. The number of hydrogen-bond acceptors (Lipinski definition) is 3. The van der Waals surface area contributed by atoms with Gasteiger partial charge >= 0.3 is 0 Å². The van der Waals surface area contributed by atoms with Gasteiger partial charge in [-0.3, -0.25) is 4.98 Å². The highest BCUT2D eigenvalue weighted by molar-refractivity contribution is 5.27. The van der Waals surface area contributed by atoms with Crippen LogP contribution in [0, 0.1) is 0 Å². The summed E-state index contributed by atoms with van der Waals surface area (Å²) in [5, 5.41) is 12.1. The Morgan fingerprint density at radius 2 is 2.50 bits per heavy atom. The molecule has 54 valence electrons. The lowest BCUT2D eigenvalue weighted by atomic mass is 10.2. The monoisotopic (exact) mass is 138 g/mol. The smallest absolute Gasteiger partial charge is 0.138 e. The van der Waals surface area contributed by atoms with Crippen molar-refractivity contribution in [1.82, 2.24) is 10.3 Å².